The van der Waals surface area contributed by atoms with Crippen LogP contribution in [0.1, 0.15) is 37.0 Å². The number of aromatic carboxylic acids is 1. The molecule has 2 heterocycles. The number of rotatable bonds is 3. The first kappa shape index (κ1) is 12.8. The average molecular weight is 265 g/mol. The summed E-state index contributed by atoms with van der Waals surface area (Å²) in [5.41, 5.74) is -0.0236. The van der Waals surface area contributed by atoms with Gasteiger partial charge in [0.2, 0.25) is 5.89 Å². The third-order valence-electron chi connectivity index (χ3n) is 2.32. The number of thiophene rings is 1. The minimum Gasteiger partial charge on any atom is -0.476 e. The Bertz CT molecular complexity index is 549. The lowest BCUT2D eigenvalue weighted by Gasteiger charge is -2.15. The van der Waals surface area contributed by atoms with Crippen LogP contribution < -0.4 is 0 Å². The Kier molecular flexibility index (Phi) is 3.26. The van der Waals surface area contributed by atoms with Crippen LogP contribution in [-0.4, -0.2) is 16.1 Å². The highest BCUT2D eigenvalue weighted by Crippen LogP contribution is 2.29. The average Bonchev–Trinajstić information content (AvgIpc) is 2.81. The fraction of sp³-hybridized carbons (Fsp3) is 0.385. The van der Waals surface area contributed by atoms with E-state index in [4.69, 9.17) is 9.52 Å². The molecule has 18 heavy (non-hydrogen) atoms. The molecule has 2 rings (SSSR count). The van der Waals surface area contributed by atoms with Crippen molar-refractivity contribution in [1.29, 1.82) is 0 Å². The van der Waals surface area contributed by atoms with E-state index < -0.39 is 5.97 Å². The maximum absolute atomic E-state index is 11.2. The van der Waals surface area contributed by atoms with Gasteiger partial charge in [-0.2, -0.15) is 0 Å². The van der Waals surface area contributed by atoms with Crippen molar-refractivity contribution in [3.05, 3.63) is 29.0 Å². The molecule has 5 heteroatoms. The molecule has 0 saturated carbocycles. The van der Waals surface area contributed by atoms with E-state index >= 15 is 0 Å². The van der Waals surface area contributed by atoms with E-state index in [0.29, 0.717) is 18.1 Å². The van der Waals surface area contributed by atoms with Crippen LogP contribution >= 0.6 is 11.3 Å². The van der Waals surface area contributed by atoms with Crippen LogP contribution in [0.3, 0.4) is 0 Å². The highest BCUT2D eigenvalue weighted by Gasteiger charge is 2.24. The summed E-state index contributed by atoms with van der Waals surface area (Å²) in [5.74, 6) is -0.208. The molecule has 0 radical (unpaired) electrons. The Labute approximate surface area is 109 Å². The Morgan fingerprint density at radius 2 is 2.22 bits per heavy atom. The molecular formula is C13H15NO3S. The van der Waals surface area contributed by atoms with Crippen molar-refractivity contribution in [3.63, 3.8) is 0 Å². The standard InChI is InChI=1S/C13H15NO3S/c1-13(2,3)7-8-10(12(15)16)14-11(17-8)9-5-4-6-18-9/h4-6H,7H2,1-3H3,(H,15,16). The molecule has 0 amide bonds. The summed E-state index contributed by atoms with van der Waals surface area (Å²) in [4.78, 5) is 16.1. The van der Waals surface area contributed by atoms with Crippen LogP contribution in [0.5, 0.6) is 0 Å². The third kappa shape index (κ3) is 2.79. The molecule has 0 aliphatic rings. The SMILES string of the molecule is CC(C)(C)Cc1oc(-c2cccs2)nc1C(=O)O. The first-order valence-electron chi connectivity index (χ1n) is 5.64. The van der Waals surface area contributed by atoms with Crippen molar-refractivity contribution < 1.29 is 14.3 Å². The second kappa shape index (κ2) is 4.57. The van der Waals surface area contributed by atoms with E-state index in [2.05, 4.69) is 4.98 Å². The van der Waals surface area contributed by atoms with E-state index in [1.54, 1.807) is 0 Å². The number of hydrogen-bond donors (Lipinski definition) is 1. The molecule has 4 nitrogen and oxygen atoms in total. The Hall–Kier alpha value is -1.62. The fourth-order valence-electron chi connectivity index (χ4n) is 1.63. The van der Waals surface area contributed by atoms with Crippen molar-refractivity contribution in [2.24, 2.45) is 5.41 Å². The number of aromatic nitrogens is 1. The van der Waals surface area contributed by atoms with Gasteiger partial charge in [0, 0.05) is 6.42 Å². The third-order valence-corrected chi connectivity index (χ3v) is 3.18. The molecule has 96 valence electrons. The van der Waals surface area contributed by atoms with Crippen LogP contribution in [0.2, 0.25) is 0 Å². The molecule has 0 unspecified atom stereocenters. The van der Waals surface area contributed by atoms with E-state index in [-0.39, 0.29) is 11.1 Å². The van der Waals surface area contributed by atoms with Gasteiger partial charge < -0.3 is 9.52 Å². The maximum atomic E-state index is 11.2. The molecule has 2 aromatic rings. The summed E-state index contributed by atoms with van der Waals surface area (Å²) in [7, 11) is 0. The molecule has 0 atom stereocenters. The zero-order valence-corrected chi connectivity index (χ0v) is 11.4. The second-order valence-corrected chi connectivity index (χ2v) is 6.26. The number of oxazole rings is 1. The van der Waals surface area contributed by atoms with Gasteiger partial charge in [-0.1, -0.05) is 26.8 Å². The van der Waals surface area contributed by atoms with Crippen molar-refractivity contribution in [2.75, 3.05) is 0 Å². The van der Waals surface area contributed by atoms with Crippen LogP contribution in [0, 0.1) is 5.41 Å². The van der Waals surface area contributed by atoms with Gasteiger partial charge in [0.05, 0.1) is 4.88 Å². The summed E-state index contributed by atoms with van der Waals surface area (Å²) in [5, 5.41) is 11.1. The summed E-state index contributed by atoms with van der Waals surface area (Å²) in [6.45, 7) is 6.10. The molecule has 0 bridgehead atoms. The highest BCUT2D eigenvalue weighted by atomic mass is 32.1. The van der Waals surface area contributed by atoms with Gasteiger partial charge in [-0.15, -0.1) is 11.3 Å². The van der Waals surface area contributed by atoms with Crippen LogP contribution in [-0.2, 0) is 6.42 Å². The predicted molar refractivity (Wildman–Crippen MR) is 69.9 cm³/mol. The minimum absolute atomic E-state index is 0.0216. The monoisotopic (exact) mass is 265 g/mol. The fourth-order valence-corrected chi connectivity index (χ4v) is 2.27. The van der Waals surface area contributed by atoms with Crippen molar-refractivity contribution in [3.8, 4) is 10.8 Å². The lowest BCUT2D eigenvalue weighted by molar-refractivity contribution is 0.0688. The van der Waals surface area contributed by atoms with Gasteiger partial charge in [0.25, 0.3) is 0 Å². The van der Waals surface area contributed by atoms with Gasteiger partial charge >= 0.3 is 5.97 Å². The van der Waals surface area contributed by atoms with Crippen LogP contribution in [0.15, 0.2) is 21.9 Å². The van der Waals surface area contributed by atoms with Gasteiger partial charge in [0.1, 0.15) is 5.76 Å². The van der Waals surface area contributed by atoms with Gasteiger partial charge in [-0.3, -0.25) is 0 Å². The number of nitrogens with zero attached hydrogens (tertiary/aromatic N) is 1. The molecule has 0 spiro atoms. The zero-order valence-electron chi connectivity index (χ0n) is 10.6. The minimum atomic E-state index is -1.04. The number of hydrogen-bond acceptors (Lipinski definition) is 4. The normalized spacial score (nSPS) is 11.7. The summed E-state index contributed by atoms with van der Waals surface area (Å²) < 4.78 is 5.61. The van der Waals surface area contributed by atoms with Gasteiger partial charge in [-0.25, -0.2) is 9.78 Å². The van der Waals surface area contributed by atoms with Gasteiger partial charge in [0.15, 0.2) is 5.69 Å². The lowest BCUT2D eigenvalue weighted by Crippen LogP contribution is -2.12. The Morgan fingerprint density at radius 1 is 1.50 bits per heavy atom. The number of carboxylic acid groups (broad SMARTS) is 1. The van der Waals surface area contributed by atoms with Crippen molar-refractivity contribution in [1.82, 2.24) is 4.98 Å². The van der Waals surface area contributed by atoms with E-state index in [0.717, 1.165) is 4.88 Å². The zero-order chi connectivity index (χ0) is 13.3. The summed E-state index contributed by atoms with van der Waals surface area (Å²) >= 11 is 1.48. The van der Waals surface area contributed by atoms with E-state index in [1.165, 1.54) is 11.3 Å². The smallest absolute Gasteiger partial charge is 0.358 e. The Balaban J connectivity index is 2.42. The van der Waals surface area contributed by atoms with Crippen LogP contribution in [0.4, 0.5) is 0 Å². The van der Waals surface area contributed by atoms with Crippen molar-refractivity contribution in [2.45, 2.75) is 27.2 Å². The number of carbonyl (C=O) groups is 1. The highest BCUT2D eigenvalue weighted by molar-refractivity contribution is 7.13. The molecule has 0 saturated heterocycles. The molecule has 2 aromatic heterocycles. The molecule has 0 aliphatic carbocycles. The maximum Gasteiger partial charge on any atom is 0.358 e. The quantitative estimate of drug-likeness (QED) is 0.919. The Morgan fingerprint density at radius 3 is 2.72 bits per heavy atom. The molecule has 0 aromatic carbocycles. The molecule has 1 N–H and O–H groups in total. The second-order valence-electron chi connectivity index (χ2n) is 5.31. The molecular weight excluding hydrogens is 250 g/mol. The largest absolute Gasteiger partial charge is 0.476 e. The first-order valence-corrected chi connectivity index (χ1v) is 6.52. The van der Waals surface area contributed by atoms with E-state index in [9.17, 15) is 4.79 Å². The number of carboxylic acids is 1. The first-order chi connectivity index (χ1) is 8.37. The predicted octanol–water partition coefficient (Wildman–Crippen LogP) is 3.69. The molecule has 0 aliphatic heterocycles. The lowest BCUT2D eigenvalue weighted by atomic mass is 9.90. The van der Waals surface area contributed by atoms with Gasteiger partial charge in [-0.05, 0) is 16.9 Å². The summed E-state index contributed by atoms with van der Waals surface area (Å²) in [6, 6.07) is 3.75. The van der Waals surface area contributed by atoms with Crippen LogP contribution in [0.25, 0.3) is 10.8 Å². The van der Waals surface area contributed by atoms with Crippen molar-refractivity contribution >= 4 is 17.3 Å². The molecule has 0 fully saturated rings. The summed E-state index contributed by atoms with van der Waals surface area (Å²) in [6.07, 6.45) is 0.549. The topological polar surface area (TPSA) is 63.3 Å². The van der Waals surface area contributed by atoms with E-state index in [1.807, 2.05) is 38.3 Å².